The zero-order valence-corrected chi connectivity index (χ0v) is 18.0. The van der Waals surface area contributed by atoms with Gasteiger partial charge in [0.05, 0.1) is 24.5 Å². The summed E-state index contributed by atoms with van der Waals surface area (Å²) < 4.78 is 5.25. The van der Waals surface area contributed by atoms with Crippen LogP contribution in [0.1, 0.15) is 43.4 Å². The average molecular weight is 422 g/mol. The maximum Gasteiger partial charge on any atom is 0.330 e. The number of carbonyl (C=O) groups is 1. The van der Waals surface area contributed by atoms with Crippen molar-refractivity contribution in [3.8, 4) is 0 Å². The minimum Gasteiger partial charge on any atom is -0.481 e. The molecule has 3 aromatic heterocycles. The molecule has 0 saturated heterocycles. The second kappa shape index (κ2) is 7.94. The number of nitrogen functional groups attached to an aromatic ring is 1. The van der Waals surface area contributed by atoms with Gasteiger partial charge in [0, 0.05) is 24.1 Å². The zero-order chi connectivity index (χ0) is 22.3. The van der Waals surface area contributed by atoms with E-state index in [-0.39, 0.29) is 12.1 Å². The van der Waals surface area contributed by atoms with Crippen LogP contribution in [-0.2, 0) is 18.4 Å². The van der Waals surface area contributed by atoms with E-state index in [1.54, 1.807) is 16.7 Å². The summed E-state index contributed by atoms with van der Waals surface area (Å²) in [5.74, 6) is -0.648. The Morgan fingerprint density at radius 2 is 2.00 bits per heavy atom. The number of aryl methyl sites for hydroxylation is 2. The minimum absolute atomic E-state index is 0.142. The van der Waals surface area contributed by atoms with Crippen LogP contribution in [0.4, 0.5) is 5.82 Å². The molecule has 3 heterocycles. The molecule has 1 aromatic carbocycles. The molecule has 31 heavy (non-hydrogen) atoms. The predicted octanol–water partition coefficient (Wildman–Crippen LogP) is 3.44. The number of rotatable bonds is 7. The molecule has 0 saturated carbocycles. The Morgan fingerprint density at radius 3 is 2.71 bits per heavy atom. The number of benzene rings is 1. The van der Waals surface area contributed by atoms with E-state index in [1.165, 1.54) is 4.57 Å². The fourth-order valence-electron chi connectivity index (χ4n) is 4.53. The molecule has 0 spiro atoms. The van der Waals surface area contributed by atoms with E-state index < -0.39 is 12.0 Å². The Bertz CT molecular complexity index is 1340. The van der Waals surface area contributed by atoms with E-state index in [2.05, 4.69) is 28.6 Å². The smallest absolute Gasteiger partial charge is 0.330 e. The number of aliphatic carboxylic acids is 1. The molecule has 0 amide bonds. The molecule has 3 N–H and O–H groups in total. The average Bonchev–Trinajstić information content (AvgIpc) is 3.16. The number of carboxylic acids is 1. The second-order valence-corrected chi connectivity index (χ2v) is 8.09. The highest BCUT2D eigenvalue weighted by atomic mass is 16.4. The molecule has 4 aromatic rings. The van der Waals surface area contributed by atoms with E-state index in [0.29, 0.717) is 29.9 Å². The molecule has 0 bridgehead atoms. The molecule has 8 heteroatoms. The van der Waals surface area contributed by atoms with E-state index in [0.717, 1.165) is 28.5 Å². The third-order valence-corrected chi connectivity index (χ3v) is 5.86. The molecule has 0 radical (unpaired) electrons. The van der Waals surface area contributed by atoms with Gasteiger partial charge in [-0.05, 0) is 42.7 Å². The summed E-state index contributed by atoms with van der Waals surface area (Å²) in [6, 6.07) is 9.12. The summed E-state index contributed by atoms with van der Waals surface area (Å²) in [6.45, 7) is 4.39. The first-order valence-electron chi connectivity index (χ1n) is 10.4. The maximum atomic E-state index is 13.6. The highest BCUT2D eigenvalue weighted by Gasteiger charge is 2.24. The summed E-state index contributed by atoms with van der Waals surface area (Å²) >= 11 is 0. The fraction of sp³-hybridized carbons (Fsp3) is 0.348. The monoisotopic (exact) mass is 421 g/mol. The third kappa shape index (κ3) is 3.58. The minimum atomic E-state index is -0.945. The topological polar surface area (TPSA) is 108 Å². The number of nitrogens with zero attached hydrogens (tertiary/aromatic N) is 4. The molecular formula is C23H27N5O3. The number of aromatic nitrogens is 4. The number of nitrogens with two attached hydrogens (primary N) is 1. The van der Waals surface area contributed by atoms with Crippen molar-refractivity contribution in [1.29, 1.82) is 0 Å². The Hall–Kier alpha value is -3.55. The molecule has 1 atom stereocenters. The van der Waals surface area contributed by atoms with Crippen LogP contribution in [0.2, 0.25) is 0 Å². The van der Waals surface area contributed by atoms with Crippen LogP contribution < -0.4 is 11.4 Å². The van der Waals surface area contributed by atoms with E-state index in [4.69, 9.17) is 5.73 Å². The van der Waals surface area contributed by atoms with Gasteiger partial charge in [-0.15, -0.1) is 0 Å². The highest BCUT2D eigenvalue weighted by Crippen LogP contribution is 2.27. The van der Waals surface area contributed by atoms with Crippen molar-refractivity contribution in [2.45, 2.75) is 45.7 Å². The van der Waals surface area contributed by atoms with Crippen molar-refractivity contribution in [3.05, 3.63) is 58.1 Å². The van der Waals surface area contributed by atoms with Crippen molar-refractivity contribution < 1.29 is 9.90 Å². The van der Waals surface area contributed by atoms with Gasteiger partial charge >= 0.3 is 11.7 Å². The van der Waals surface area contributed by atoms with Gasteiger partial charge in [-0.2, -0.15) is 0 Å². The Balaban J connectivity index is 1.93. The number of carboxylic acid groups (broad SMARTS) is 1. The van der Waals surface area contributed by atoms with Crippen molar-refractivity contribution in [3.63, 3.8) is 0 Å². The molecule has 162 valence electrons. The van der Waals surface area contributed by atoms with Crippen molar-refractivity contribution >= 4 is 33.9 Å². The van der Waals surface area contributed by atoms with Crippen LogP contribution in [0.5, 0.6) is 0 Å². The van der Waals surface area contributed by atoms with Crippen molar-refractivity contribution in [2.75, 3.05) is 5.73 Å². The lowest BCUT2D eigenvalue weighted by Crippen LogP contribution is -2.29. The van der Waals surface area contributed by atoms with Gasteiger partial charge in [-0.1, -0.05) is 25.5 Å². The normalized spacial score (nSPS) is 12.6. The first-order chi connectivity index (χ1) is 14.8. The number of hydrogen-bond acceptors (Lipinski definition) is 4. The summed E-state index contributed by atoms with van der Waals surface area (Å²) in [4.78, 5) is 29.5. The van der Waals surface area contributed by atoms with Gasteiger partial charge in [0.1, 0.15) is 5.82 Å². The van der Waals surface area contributed by atoms with Crippen molar-refractivity contribution in [2.24, 2.45) is 7.05 Å². The van der Waals surface area contributed by atoms with Crippen LogP contribution in [0.15, 0.2) is 41.3 Å². The van der Waals surface area contributed by atoms with E-state index in [9.17, 15) is 14.7 Å². The van der Waals surface area contributed by atoms with E-state index in [1.807, 2.05) is 26.2 Å². The molecule has 0 aliphatic heterocycles. The van der Waals surface area contributed by atoms with Gasteiger partial charge in [0.25, 0.3) is 0 Å². The largest absolute Gasteiger partial charge is 0.481 e. The molecule has 0 aliphatic carbocycles. The fourth-order valence-corrected chi connectivity index (χ4v) is 4.53. The molecular weight excluding hydrogens is 394 g/mol. The summed E-state index contributed by atoms with van der Waals surface area (Å²) in [7, 11) is 1.99. The second-order valence-electron chi connectivity index (χ2n) is 8.09. The van der Waals surface area contributed by atoms with Gasteiger partial charge in [0.2, 0.25) is 0 Å². The molecule has 0 fully saturated rings. The highest BCUT2D eigenvalue weighted by molar-refractivity contribution is 5.87. The lowest BCUT2D eigenvalue weighted by Gasteiger charge is -2.15. The van der Waals surface area contributed by atoms with Crippen LogP contribution >= 0.6 is 0 Å². The molecule has 8 nitrogen and oxygen atoms in total. The summed E-state index contributed by atoms with van der Waals surface area (Å²) in [5, 5.41) is 10.5. The molecule has 0 aliphatic rings. The maximum absolute atomic E-state index is 13.6. The summed E-state index contributed by atoms with van der Waals surface area (Å²) in [5.41, 5.74) is 10.0. The van der Waals surface area contributed by atoms with Gasteiger partial charge in [0.15, 0.2) is 5.65 Å². The van der Waals surface area contributed by atoms with Crippen LogP contribution in [-0.4, -0.2) is 29.8 Å². The number of imidazole rings is 1. The van der Waals surface area contributed by atoms with Gasteiger partial charge < -0.3 is 15.4 Å². The molecule has 4 rings (SSSR count). The standard InChI is InChI=1S/C23H27N5O3/c1-4-6-16(11-20(29)30)28-22-18(9-10-19(24)25-22)27(23(28)31)13-15-12-26(3)17-8-5-7-14(2)21(15)17/h5,7-10,12,16H,4,6,11,13H2,1-3H3,(H2,24,25)(H,29,30). The SMILES string of the molecule is CCCC(CC(=O)O)n1c(=O)n(Cc2cn(C)c3cccc(C)c23)c2ccc(N)nc21. The lowest BCUT2D eigenvalue weighted by atomic mass is 10.1. The number of hydrogen-bond donors (Lipinski definition) is 2. The summed E-state index contributed by atoms with van der Waals surface area (Å²) in [6.07, 6.45) is 3.21. The van der Waals surface area contributed by atoms with Crippen molar-refractivity contribution in [1.82, 2.24) is 18.7 Å². The van der Waals surface area contributed by atoms with Gasteiger partial charge in [-0.25, -0.2) is 9.78 Å². The number of fused-ring (bicyclic) bond motifs is 2. The number of pyridine rings is 1. The lowest BCUT2D eigenvalue weighted by molar-refractivity contribution is -0.137. The first kappa shape index (κ1) is 20.7. The Morgan fingerprint density at radius 1 is 1.23 bits per heavy atom. The predicted molar refractivity (Wildman–Crippen MR) is 121 cm³/mol. The Labute approximate surface area is 179 Å². The van der Waals surface area contributed by atoms with Crippen LogP contribution in [0.3, 0.4) is 0 Å². The first-order valence-corrected chi connectivity index (χ1v) is 10.4. The van der Waals surface area contributed by atoms with E-state index >= 15 is 0 Å². The van der Waals surface area contributed by atoms with Crippen LogP contribution in [0, 0.1) is 6.92 Å². The quantitative estimate of drug-likeness (QED) is 0.475. The van der Waals surface area contributed by atoms with Crippen LogP contribution in [0.25, 0.3) is 22.1 Å². The van der Waals surface area contributed by atoms with Gasteiger partial charge in [-0.3, -0.25) is 13.9 Å². The third-order valence-electron chi connectivity index (χ3n) is 5.86. The number of anilines is 1. The Kier molecular flexibility index (Phi) is 5.31. The molecule has 1 unspecified atom stereocenters. The zero-order valence-electron chi connectivity index (χ0n) is 18.0.